The molecule has 0 radical (unpaired) electrons. The summed E-state index contributed by atoms with van der Waals surface area (Å²) in [4.78, 5) is 23.5. The molecule has 1 N–H and O–H groups in total. The molecular formula is C16H17N3O4. The average molecular weight is 315 g/mol. The molecule has 7 nitrogen and oxygen atoms in total. The van der Waals surface area contributed by atoms with Crippen LogP contribution in [0, 0.1) is 12.8 Å². The summed E-state index contributed by atoms with van der Waals surface area (Å²) in [6, 6.07) is 3.83. The molecule has 2 heterocycles. The van der Waals surface area contributed by atoms with Crippen LogP contribution in [0.2, 0.25) is 0 Å². The van der Waals surface area contributed by atoms with Crippen LogP contribution in [0.15, 0.2) is 24.5 Å². The van der Waals surface area contributed by atoms with E-state index in [1.807, 2.05) is 12.1 Å². The monoisotopic (exact) mass is 315 g/mol. The van der Waals surface area contributed by atoms with E-state index in [0.29, 0.717) is 24.3 Å². The molecule has 2 aromatic rings. The molecule has 3 rings (SSSR count). The van der Waals surface area contributed by atoms with Crippen molar-refractivity contribution in [2.45, 2.75) is 19.3 Å². The quantitative estimate of drug-likeness (QED) is 0.872. The molecule has 2 atom stereocenters. The van der Waals surface area contributed by atoms with E-state index in [0.717, 1.165) is 17.9 Å². The Bertz CT molecular complexity index is 718. The van der Waals surface area contributed by atoms with Gasteiger partial charge >= 0.3 is 5.97 Å². The van der Waals surface area contributed by atoms with E-state index in [9.17, 15) is 4.79 Å². The highest BCUT2D eigenvalue weighted by molar-refractivity contribution is 5.89. The minimum Gasteiger partial charge on any atom is -0.495 e. The number of rotatable bonds is 6. The second-order valence-corrected chi connectivity index (χ2v) is 5.48. The summed E-state index contributed by atoms with van der Waals surface area (Å²) >= 11 is 0. The van der Waals surface area contributed by atoms with Gasteiger partial charge in [-0.1, -0.05) is 0 Å². The van der Waals surface area contributed by atoms with Crippen molar-refractivity contribution in [3.8, 4) is 11.6 Å². The number of carbonyl (C=O) groups is 1. The Hall–Kier alpha value is -2.70. The number of carboxylic acids is 1. The number of hydrogen-bond acceptors (Lipinski definition) is 6. The van der Waals surface area contributed by atoms with Gasteiger partial charge in [0.05, 0.1) is 19.9 Å². The summed E-state index contributed by atoms with van der Waals surface area (Å²) in [7, 11) is 1.61. The Morgan fingerprint density at radius 3 is 2.83 bits per heavy atom. The Morgan fingerprint density at radius 1 is 1.35 bits per heavy atom. The van der Waals surface area contributed by atoms with Gasteiger partial charge in [0.25, 0.3) is 0 Å². The van der Waals surface area contributed by atoms with Crippen LogP contribution in [0.1, 0.15) is 34.2 Å². The molecule has 0 aromatic carbocycles. The van der Waals surface area contributed by atoms with E-state index in [2.05, 4.69) is 15.0 Å². The number of hydrogen-bond donors (Lipinski definition) is 1. The van der Waals surface area contributed by atoms with Crippen LogP contribution in [0.5, 0.6) is 11.6 Å². The normalized spacial score (nSPS) is 19.2. The molecule has 0 amide bonds. The van der Waals surface area contributed by atoms with E-state index in [1.54, 1.807) is 20.2 Å². The lowest BCUT2D eigenvalue weighted by Gasteiger charge is -2.08. The molecule has 120 valence electrons. The van der Waals surface area contributed by atoms with E-state index in [1.165, 1.54) is 6.20 Å². The molecule has 0 bridgehead atoms. The molecule has 1 fully saturated rings. The number of pyridine rings is 1. The first-order valence-electron chi connectivity index (χ1n) is 7.28. The van der Waals surface area contributed by atoms with Crippen LogP contribution in [0.4, 0.5) is 0 Å². The summed E-state index contributed by atoms with van der Waals surface area (Å²) in [6.45, 7) is 2.11. The molecular weight excluding hydrogens is 298 g/mol. The van der Waals surface area contributed by atoms with Crippen molar-refractivity contribution < 1.29 is 19.4 Å². The molecule has 7 heteroatoms. The van der Waals surface area contributed by atoms with Crippen LogP contribution in [0.3, 0.4) is 0 Å². The van der Waals surface area contributed by atoms with Gasteiger partial charge in [-0.2, -0.15) is 4.98 Å². The molecule has 23 heavy (non-hydrogen) atoms. The number of ether oxygens (including phenoxy) is 2. The maximum atomic E-state index is 11.2. The van der Waals surface area contributed by atoms with Crippen LogP contribution in [-0.2, 0) is 0 Å². The predicted molar refractivity (Wildman–Crippen MR) is 80.9 cm³/mol. The van der Waals surface area contributed by atoms with Gasteiger partial charge < -0.3 is 14.6 Å². The average Bonchev–Trinajstić information content (AvgIpc) is 3.32. The minimum atomic E-state index is -1.09. The maximum Gasteiger partial charge on any atom is 0.342 e. The first kappa shape index (κ1) is 15.2. The number of aromatic nitrogens is 3. The standard InChI is InChI=1S/C16H17N3O4/c1-9-17-7-13(16(20)21)15(19-9)23-8-10-5-12(10)14-4-3-11(22-2)6-18-14/h3-4,6-7,10,12H,5,8H2,1-2H3,(H,20,21)/t10-,12+/m1/s1. The zero-order valence-electron chi connectivity index (χ0n) is 12.9. The molecule has 0 aliphatic heterocycles. The third-order valence-electron chi connectivity index (χ3n) is 3.84. The fraction of sp³-hybridized carbons (Fsp3) is 0.375. The highest BCUT2D eigenvalue weighted by Crippen LogP contribution is 2.46. The van der Waals surface area contributed by atoms with Crippen molar-refractivity contribution in [2.24, 2.45) is 5.92 Å². The highest BCUT2D eigenvalue weighted by atomic mass is 16.5. The Kier molecular flexibility index (Phi) is 4.10. The zero-order chi connectivity index (χ0) is 16.4. The summed E-state index contributed by atoms with van der Waals surface area (Å²) in [5.74, 6) is 0.881. The summed E-state index contributed by atoms with van der Waals surface area (Å²) < 4.78 is 10.7. The number of carboxylic acid groups (broad SMARTS) is 1. The summed E-state index contributed by atoms with van der Waals surface area (Å²) in [5, 5.41) is 9.13. The van der Waals surface area contributed by atoms with Crippen molar-refractivity contribution in [3.63, 3.8) is 0 Å². The molecule has 0 spiro atoms. The third-order valence-corrected chi connectivity index (χ3v) is 3.84. The van der Waals surface area contributed by atoms with Crippen LogP contribution >= 0.6 is 0 Å². The van der Waals surface area contributed by atoms with Crippen molar-refractivity contribution in [2.75, 3.05) is 13.7 Å². The number of aromatic carboxylic acids is 1. The smallest absolute Gasteiger partial charge is 0.342 e. The van der Waals surface area contributed by atoms with Crippen LogP contribution in [0.25, 0.3) is 0 Å². The van der Waals surface area contributed by atoms with Crippen molar-refractivity contribution in [1.82, 2.24) is 15.0 Å². The molecule has 2 aromatic heterocycles. The fourth-order valence-electron chi connectivity index (χ4n) is 2.42. The highest BCUT2D eigenvalue weighted by Gasteiger charge is 2.40. The maximum absolute atomic E-state index is 11.2. The Labute approximate surface area is 133 Å². The molecule has 1 aliphatic carbocycles. The van der Waals surface area contributed by atoms with Crippen LogP contribution < -0.4 is 9.47 Å². The second kappa shape index (κ2) is 6.20. The minimum absolute atomic E-state index is 0.0182. The lowest BCUT2D eigenvalue weighted by molar-refractivity contribution is 0.0690. The first-order valence-corrected chi connectivity index (χ1v) is 7.28. The van der Waals surface area contributed by atoms with Crippen molar-refractivity contribution in [1.29, 1.82) is 0 Å². The lowest BCUT2D eigenvalue weighted by atomic mass is 10.2. The Balaban J connectivity index is 1.62. The molecule has 0 unspecified atom stereocenters. The van der Waals surface area contributed by atoms with Gasteiger partial charge in [-0.15, -0.1) is 0 Å². The van der Waals surface area contributed by atoms with Crippen molar-refractivity contribution >= 4 is 5.97 Å². The summed E-state index contributed by atoms with van der Waals surface area (Å²) in [5.41, 5.74) is 0.979. The van der Waals surface area contributed by atoms with Gasteiger partial charge in [-0.3, -0.25) is 4.98 Å². The zero-order valence-corrected chi connectivity index (χ0v) is 12.9. The van der Waals surface area contributed by atoms with Gasteiger partial charge in [-0.05, 0) is 25.5 Å². The largest absolute Gasteiger partial charge is 0.495 e. The SMILES string of the molecule is COc1ccc([C@H]2C[C@@H]2COc2nc(C)ncc2C(=O)O)nc1. The summed E-state index contributed by atoms with van der Waals surface area (Å²) in [6.07, 6.45) is 3.93. The van der Waals surface area contributed by atoms with E-state index in [-0.39, 0.29) is 11.4 Å². The van der Waals surface area contributed by atoms with E-state index < -0.39 is 5.97 Å². The third kappa shape index (κ3) is 3.39. The van der Waals surface area contributed by atoms with E-state index >= 15 is 0 Å². The lowest BCUT2D eigenvalue weighted by Crippen LogP contribution is -2.09. The Morgan fingerprint density at radius 2 is 2.17 bits per heavy atom. The fourth-order valence-corrected chi connectivity index (χ4v) is 2.42. The molecule has 1 saturated carbocycles. The first-order chi connectivity index (χ1) is 11.1. The van der Waals surface area contributed by atoms with E-state index in [4.69, 9.17) is 14.6 Å². The van der Waals surface area contributed by atoms with Gasteiger partial charge in [0.15, 0.2) is 0 Å². The molecule has 1 aliphatic rings. The predicted octanol–water partition coefficient (Wildman–Crippen LogP) is 2.07. The number of aryl methyl sites for hydroxylation is 1. The van der Waals surface area contributed by atoms with Crippen LogP contribution in [-0.4, -0.2) is 39.7 Å². The number of nitrogens with zero attached hydrogens (tertiary/aromatic N) is 3. The number of methoxy groups -OCH3 is 1. The topological polar surface area (TPSA) is 94.4 Å². The van der Waals surface area contributed by atoms with Gasteiger partial charge in [0.1, 0.15) is 17.1 Å². The van der Waals surface area contributed by atoms with Gasteiger partial charge in [-0.25, -0.2) is 9.78 Å². The molecule has 0 saturated heterocycles. The van der Waals surface area contributed by atoms with Gasteiger partial charge in [0, 0.05) is 23.7 Å². The van der Waals surface area contributed by atoms with Gasteiger partial charge in [0.2, 0.25) is 5.88 Å². The second-order valence-electron chi connectivity index (χ2n) is 5.48. The van der Waals surface area contributed by atoms with Crippen molar-refractivity contribution in [3.05, 3.63) is 41.6 Å².